The Kier molecular flexibility index (Phi) is 8.61. The van der Waals surface area contributed by atoms with Crippen molar-refractivity contribution in [3.05, 3.63) is 58.6 Å². The van der Waals surface area contributed by atoms with E-state index in [1.54, 1.807) is 33.9 Å². The van der Waals surface area contributed by atoms with Crippen LogP contribution in [0.1, 0.15) is 32.8 Å². The van der Waals surface area contributed by atoms with Crippen LogP contribution in [0.25, 0.3) is 22.2 Å². The second-order valence-electron chi connectivity index (χ2n) is 10.9. The van der Waals surface area contributed by atoms with Gasteiger partial charge in [0.1, 0.15) is 11.6 Å². The van der Waals surface area contributed by atoms with E-state index in [4.69, 9.17) is 13.9 Å². The molecule has 2 aromatic carbocycles. The highest BCUT2D eigenvalue weighted by molar-refractivity contribution is 5.83. The van der Waals surface area contributed by atoms with Gasteiger partial charge in [0, 0.05) is 20.0 Å². The van der Waals surface area contributed by atoms with Gasteiger partial charge >= 0.3 is 11.8 Å². The number of aliphatic hydroxyl groups excluding tert-OH is 1. The molecule has 3 atom stereocenters. The predicted molar refractivity (Wildman–Crippen MR) is 146 cm³/mol. The van der Waals surface area contributed by atoms with Crippen molar-refractivity contribution in [2.45, 2.75) is 57.5 Å². The van der Waals surface area contributed by atoms with Gasteiger partial charge in [-0.15, -0.1) is 0 Å². The van der Waals surface area contributed by atoms with Gasteiger partial charge in [-0.2, -0.15) is 5.26 Å². The molecular formula is C29H34N4O7. The second kappa shape index (κ2) is 11.9. The molecule has 0 spiro atoms. The topological polar surface area (TPSA) is 147 Å². The highest BCUT2D eigenvalue weighted by atomic mass is 16.6. The van der Waals surface area contributed by atoms with Crippen molar-refractivity contribution in [3.8, 4) is 17.2 Å². The van der Waals surface area contributed by atoms with Crippen LogP contribution in [0.3, 0.4) is 0 Å². The first-order valence-corrected chi connectivity index (χ1v) is 13.1. The first-order chi connectivity index (χ1) is 18.9. The molecule has 1 saturated heterocycles. The Morgan fingerprint density at radius 3 is 2.58 bits per heavy atom. The Labute approximate surface area is 231 Å². The van der Waals surface area contributed by atoms with Crippen LogP contribution in [0.4, 0.5) is 4.79 Å². The molecule has 2 amide bonds. The maximum atomic E-state index is 13.1. The molecule has 0 aliphatic carbocycles. The summed E-state index contributed by atoms with van der Waals surface area (Å²) in [6.07, 6.45) is -1.98. The van der Waals surface area contributed by atoms with Gasteiger partial charge in [-0.05, 0) is 56.0 Å². The second-order valence-corrected chi connectivity index (χ2v) is 10.9. The van der Waals surface area contributed by atoms with Gasteiger partial charge in [0.2, 0.25) is 0 Å². The number of aromatic nitrogens is 1. The molecule has 3 aromatic rings. The van der Waals surface area contributed by atoms with Crippen molar-refractivity contribution in [3.63, 3.8) is 0 Å². The highest BCUT2D eigenvalue weighted by Gasteiger charge is 2.32. The molecule has 0 radical (unpaired) electrons. The molecule has 1 fully saturated rings. The smallest absolute Gasteiger partial charge is 0.419 e. The first-order valence-electron chi connectivity index (χ1n) is 13.1. The van der Waals surface area contributed by atoms with Crippen LogP contribution in [0.15, 0.2) is 51.7 Å². The molecule has 2 heterocycles. The number of aryl methyl sites for hydroxylation is 1. The minimum Gasteiger partial charge on any atom is -0.444 e. The number of carbonyl (C=O) groups is 2. The zero-order valence-electron chi connectivity index (χ0n) is 23.0. The summed E-state index contributed by atoms with van der Waals surface area (Å²) in [7, 11) is 1.65. The monoisotopic (exact) mass is 550 g/mol. The third-order valence-electron chi connectivity index (χ3n) is 6.54. The van der Waals surface area contributed by atoms with Gasteiger partial charge in [0.05, 0.1) is 30.8 Å². The molecule has 2 N–H and O–H groups in total. The van der Waals surface area contributed by atoms with Crippen molar-refractivity contribution in [2.24, 2.45) is 7.05 Å². The van der Waals surface area contributed by atoms with Crippen LogP contribution >= 0.6 is 0 Å². The van der Waals surface area contributed by atoms with Gasteiger partial charge in [0.25, 0.3) is 5.91 Å². The number of hydrogen-bond donors (Lipinski definition) is 2. The average Bonchev–Trinajstić information content (AvgIpc) is 3.18. The van der Waals surface area contributed by atoms with Crippen molar-refractivity contribution < 1.29 is 28.6 Å². The summed E-state index contributed by atoms with van der Waals surface area (Å²) in [6.45, 7) is 5.33. The van der Waals surface area contributed by atoms with Crippen LogP contribution in [-0.4, -0.2) is 70.1 Å². The lowest BCUT2D eigenvalue weighted by Gasteiger charge is -2.33. The summed E-state index contributed by atoms with van der Waals surface area (Å²) in [6, 6.07) is 14.3. The Balaban J connectivity index is 1.41. The summed E-state index contributed by atoms with van der Waals surface area (Å²) in [5, 5.41) is 22.6. The van der Waals surface area contributed by atoms with E-state index in [0.717, 1.165) is 16.7 Å². The summed E-state index contributed by atoms with van der Waals surface area (Å²) < 4.78 is 17.7. The zero-order valence-corrected chi connectivity index (χ0v) is 23.0. The summed E-state index contributed by atoms with van der Waals surface area (Å²) in [4.78, 5) is 38.9. The number of nitrogens with zero attached hydrogens (tertiary/aromatic N) is 3. The van der Waals surface area contributed by atoms with E-state index >= 15 is 0 Å². The summed E-state index contributed by atoms with van der Waals surface area (Å²) >= 11 is 0. The fraction of sp³-hybridized carbons (Fsp3) is 0.448. The van der Waals surface area contributed by atoms with E-state index in [9.17, 15) is 24.8 Å². The fourth-order valence-corrected chi connectivity index (χ4v) is 4.38. The van der Waals surface area contributed by atoms with E-state index in [0.29, 0.717) is 17.5 Å². The Hall–Kier alpha value is -4.14. The van der Waals surface area contributed by atoms with E-state index in [2.05, 4.69) is 11.4 Å². The Morgan fingerprint density at radius 2 is 1.90 bits per heavy atom. The quantitative estimate of drug-likeness (QED) is 0.493. The van der Waals surface area contributed by atoms with E-state index in [-0.39, 0.29) is 26.1 Å². The number of aliphatic hydroxyl groups is 1. The number of carbonyl (C=O) groups excluding carboxylic acids is 2. The lowest BCUT2D eigenvalue weighted by molar-refractivity contribution is -0.138. The number of nitrogens with one attached hydrogen (secondary N) is 1. The predicted octanol–water partition coefficient (Wildman–Crippen LogP) is 2.74. The van der Waals surface area contributed by atoms with Crippen molar-refractivity contribution in [1.82, 2.24) is 14.8 Å². The highest BCUT2D eigenvalue weighted by Crippen LogP contribution is 2.24. The molecular weight excluding hydrogens is 516 g/mol. The maximum Gasteiger partial charge on any atom is 0.419 e. The number of oxazole rings is 1. The largest absolute Gasteiger partial charge is 0.444 e. The summed E-state index contributed by atoms with van der Waals surface area (Å²) in [5.41, 5.74) is 3.13. The molecule has 1 aliphatic heterocycles. The van der Waals surface area contributed by atoms with Crippen LogP contribution in [-0.2, 0) is 27.7 Å². The fourth-order valence-electron chi connectivity index (χ4n) is 4.38. The minimum atomic E-state index is -1.07. The zero-order chi connectivity index (χ0) is 29.0. The van der Waals surface area contributed by atoms with Gasteiger partial charge < -0.3 is 29.2 Å². The number of rotatable bonds is 5. The van der Waals surface area contributed by atoms with Gasteiger partial charge in [-0.25, -0.2) is 9.59 Å². The maximum absolute atomic E-state index is 13.1. The number of benzene rings is 2. The lowest BCUT2D eigenvalue weighted by atomic mass is 10.0. The number of ether oxygens (including phenoxy) is 2. The summed E-state index contributed by atoms with van der Waals surface area (Å²) in [5.74, 6) is -0.976. The average molecular weight is 551 g/mol. The normalized spacial score (nSPS) is 18.9. The van der Waals surface area contributed by atoms with Crippen LogP contribution in [0, 0.1) is 11.3 Å². The SMILES string of the molecule is Cn1c(=O)oc2ccc(-c3ccc(C[C@@H](C#N)NC(=O)[C@@H]4CN(C(=O)OC(C)(C)C)CC[C@H](O)CO4)cc3)cc21. The minimum absolute atomic E-state index is 0.0578. The number of amides is 2. The number of nitriles is 1. The lowest BCUT2D eigenvalue weighted by Crippen LogP contribution is -2.52. The Morgan fingerprint density at radius 1 is 1.20 bits per heavy atom. The third kappa shape index (κ3) is 7.08. The van der Waals surface area contributed by atoms with Crippen molar-refractivity contribution in [1.29, 1.82) is 5.26 Å². The van der Waals surface area contributed by atoms with Gasteiger partial charge in [-0.3, -0.25) is 9.36 Å². The standard InChI is InChI=1S/C29H34N4O7/c1-29(2,3)40-28(37)33-12-11-22(34)17-38-25(16-33)26(35)31-21(15-30)13-18-5-7-19(8-6-18)20-9-10-24-23(14-20)32(4)27(36)39-24/h5-10,14,21-22,25,34H,11-13,16-17H2,1-4H3,(H,31,35)/t21-,22-,25-/m0/s1. The third-order valence-corrected chi connectivity index (χ3v) is 6.54. The Bertz CT molecular complexity index is 1460. The van der Waals surface area contributed by atoms with Crippen molar-refractivity contribution >= 4 is 23.1 Å². The van der Waals surface area contributed by atoms with Crippen LogP contribution in [0.5, 0.6) is 0 Å². The molecule has 11 nitrogen and oxygen atoms in total. The van der Waals surface area contributed by atoms with Crippen molar-refractivity contribution in [2.75, 3.05) is 19.7 Å². The molecule has 212 valence electrons. The first kappa shape index (κ1) is 28.9. The van der Waals surface area contributed by atoms with Gasteiger partial charge in [-0.1, -0.05) is 30.3 Å². The molecule has 11 heteroatoms. The molecule has 1 aliphatic rings. The molecule has 0 saturated carbocycles. The van der Waals surface area contributed by atoms with Gasteiger partial charge in [0.15, 0.2) is 11.7 Å². The molecule has 0 unspecified atom stereocenters. The molecule has 40 heavy (non-hydrogen) atoms. The van der Waals surface area contributed by atoms with Crippen LogP contribution in [0.2, 0.25) is 0 Å². The molecule has 4 rings (SSSR count). The molecule has 1 aromatic heterocycles. The molecule has 0 bridgehead atoms. The van der Waals surface area contributed by atoms with E-state index < -0.39 is 41.6 Å². The van der Waals surface area contributed by atoms with Crippen LogP contribution < -0.4 is 11.1 Å². The number of hydrogen-bond acceptors (Lipinski definition) is 8. The van der Waals surface area contributed by atoms with E-state index in [1.807, 2.05) is 36.4 Å². The number of fused-ring (bicyclic) bond motifs is 1. The van der Waals surface area contributed by atoms with E-state index in [1.165, 1.54) is 9.47 Å².